The van der Waals surface area contributed by atoms with Crippen LogP contribution in [0, 0.1) is 23.7 Å². The summed E-state index contributed by atoms with van der Waals surface area (Å²) in [5, 5.41) is 3.79. The SMILES string of the molecule is COCOc1c(C#Cc2ccc(-c3ccc(-c4ccccc4)cn3)nc2)cc2ccccc2c1-c1c(OCOC)c(C#Cc2ccc(-c3ccc(-c4ccccc4)cn3)nc2)cc2ccccc12. The van der Waals surface area contributed by atoms with Crippen LogP contribution >= 0.6 is 0 Å². The van der Waals surface area contributed by atoms with E-state index in [1.54, 1.807) is 26.6 Å². The van der Waals surface area contributed by atoms with Crippen molar-refractivity contribution in [2.45, 2.75) is 0 Å². The van der Waals surface area contributed by atoms with Crippen LogP contribution in [0.3, 0.4) is 0 Å². The minimum atomic E-state index is -0.0201. The van der Waals surface area contributed by atoms with Crippen molar-refractivity contribution in [2.75, 3.05) is 27.8 Å². The molecule has 4 heterocycles. The van der Waals surface area contributed by atoms with E-state index >= 15 is 0 Å². The third kappa shape index (κ3) is 9.28. The summed E-state index contributed by atoms with van der Waals surface area (Å²) in [7, 11) is 3.20. The molecule has 0 radical (unpaired) electrons. The zero-order valence-corrected chi connectivity index (χ0v) is 37.3. The second kappa shape index (κ2) is 20.1. The molecule has 0 aliphatic heterocycles. The molecule has 10 aromatic rings. The van der Waals surface area contributed by atoms with E-state index < -0.39 is 0 Å². The van der Waals surface area contributed by atoms with Gasteiger partial charge in [-0.25, -0.2) is 0 Å². The van der Waals surface area contributed by atoms with Crippen LogP contribution < -0.4 is 9.47 Å². The summed E-state index contributed by atoms with van der Waals surface area (Å²) < 4.78 is 24.2. The third-order valence-corrected chi connectivity index (χ3v) is 11.4. The second-order valence-corrected chi connectivity index (χ2v) is 15.8. The highest BCUT2D eigenvalue weighted by atomic mass is 16.7. The highest BCUT2D eigenvalue weighted by Crippen LogP contribution is 2.48. The number of pyridine rings is 4. The molecule has 0 fully saturated rings. The standard InChI is InChI=1S/C60H42N4O4/c1-65-39-67-59-47(25-21-41-23-29-53(61-35-41)55-31-27-49(37-63-55)43-13-5-3-6-14-43)33-45-17-9-11-19-51(45)57(59)58-52-20-12-10-18-46(52)34-48(60(58)68-40-66-2)26-22-42-24-30-54(62-36-42)56-32-28-50(38-64-56)44-15-7-4-8-16-44/h3-20,23-24,27-38H,39-40H2,1-2H3. The molecule has 0 saturated carbocycles. The molecule has 0 atom stereocenters. The first-order valence-electron chi connectivity index (χ1n) is 22.0. The summed E-state index contributed by atoms with van der Waals surface area (Å²) in [6.07, 6.45) is 7.28. The number of fused-ring (bicyclic) bond motifs is 2. The fourth-order valence-electron chi connectivity index (χ4n) is 8.09. The fraction of sp³-hybridized carbons (Fsp3) is 0.0667. The van der Waals surface area contributed by atoms with E-state index in [-0.39, 0.29) is 13.6 Å². The molecule has 326 valence electrons. The molecule has 0 saturated heterocycles. The van der Waals surface area contributed by atoms with E-state index in [2.05, 4.69) is 84.3 Å². The Kier molecular flexibility index (Phi) is 12.7. The van der Waals surface area contributed by atoms with E-state index in [9.17, 15) is 0 Å². The summed E-state index contributed by atoms with van der Waals surface area (Å²) >= 11 is 0. The van der Waals surface area contributed by atoms with Crippen LogP contribution in [0.2, 0.25) is 0 Å². The van der Waals surface area contributed by atoms with Gasteiger partial charge in [0.25, 0.3) is 0 Å². The number of ether oxygens (including phenoxy) is 4. The Balaban J connectivity index is 1.04. The van der Waals surface area contributed by atoms with Crippen molar-refractivity contribution in [3.63, 3.8) is 0 Å². The summed E-state index contributed by atoms with van der Waals surface area (Å²) in [6.45, 7) is -0.0403. The predicted molar refractivity (Wildman–Crippen MR) is 270 cm³/mol. The molecule has 8 heteroatoms. The Hall–Kier alpha value is -8.92. The van der Waals surface area contributed by atoms with Gasteiger partial charge in [0.05, 0.1) is 33.9 Å². The highest BCUT2D eigenvalue weighted by Gasteiger charge is 2.24. The number of benzene rings is 6. The summed E-state index contributed by atoms with van der Waals surface area (Å²) in [5.41, 5.74) is 11.7. The zero-order valence-electron chi connectivity index (χ0n) is 37.3. The summed E-state index contributed by atoms with van der Waals surface area (Å²) in [4.78, 5) is 18.9. The molecule has 0 amide bonds. The first-order chi connectivity index (χ1) is 33.6. The molecule has 8 nitrogen and oxygen atoms in total. The van der Waals surface area contributed by atoms with Crippen LogP contribution in [-0.2, 0) is 9.47 Å². The molecule has 0 aliphatic carbocycles. The predicted octanol–water partition coefficient (Wildman–Crippen LogP) is 12.7. The molecular weight excluding hydrogens is 841 g/mol. The van der Waals surface area contributed by atoms with Gasteiger partial charge in [-0.15, -0.1) is 0 Å². The lowest BCUT2D eigenvalue weighted by Gasteiger charge is -2.21. The Bertz CT molecular complexity index is 3270. The van der Waals surface area contributed by atoms with Gasteiger partial charge in [0.2, 0.25) is 0 Å². The average Bonchev–Trinajstić information content (AvgIpc) is 3.41. The Morgan fingerprint density at radius 3 is 1.12 bits per heavy atom. The first-order valence-corrected chi connectivity index (χ1v) is 22.0. The number of aromatic nitrogens is 4. The van der Waals surface area contributed by atoms with Crippen LogP contribution in [0.15, 0.2) is 195 Å². The van der Waals surface area contributed by atoms with Gasteiger partial charge in [0.1, 0.15) is 11.5 Å². The molecule has 4 aromatic heterocycles. The number of methoxy groups -OCH3 is 2. The van der Waals surface area contributed by atoms with Crippen molar-refractivity contribution in [3.8, 4) is 91.3 Å². The third-order valence-electron chi connectivity index (χ3n) is 11.4. The minimum Gasteiger partial charge on any atom is -0.466 e. The molecule has 68 heavy (non-hydrogen) atoms. The summed E-state index contributed by atoms with van der Waals surface area (Å²) in [6, 6.07) is 56.7. The lowest BCUT2D eigenvalue weighted by atomic mass is 9.88. The van der Waals surface area contributed by atoms with Crippen LogP contribution in [-0.4, -0.2) is 47.7 Å². The van der Waals surface area contributed by atoms with Crippen molar-refractivity contribution >= 4 is 21.5 Å². The molecule has 0 spiro atoms. The maximum atomic E-state index is 6.56. The zero-order chi connectivity index (χ0) is 46.1. The number of rotatable bonds is 11. The monoisotopic (exact) mass is 882 g/mol. The molecule has 0 aliphatic rings. The Labute approximate surface area is 394 Å². The second-order valence-electron chi connectivity index (χ2n) is 15.8. The average molecular weight is 883 g/mol. The first kappa shape index (κ1) is 43.0. The fourth-order valence-corrected chi connectivity index (χ4v) is 8.09. The van der Waals surface area contributed by atoms with E-state index in [1.807, 2.05) is 122 Å². The Morgan fingerprint density at radius 1 is 0.368 bits per heavy atom. The van der Waals surface area contributed by atoms with E-state index in [4.69, 9.17) is 38.9 Å². The van der Waals surface area contributed by atoms with Gasteiger partial charge >= 0.3 is 0 Å². The lowest BCUT2D eigenvalue weighted by molar-refractivity contribution is 0.0500. The minimum absolute atomic E-state index is 0.0201. The normalized spacial score (nSPS) is 10.8. The topological polar surface area (TPSA) is 88.5 Å². The number of hydrogen-bond donors (Lipinski definition) is 0. The van der Waals surface area contributed by atoms with E-state index in [0.717, 1.165) is 88.8 Å². The van der Waals surface area contributed by atoms with Gasteiger partial charge in [-0.2, -0.15) is 0 Å². The maximum Gasteiger partial charge on any atom is 0.188 e. The smallest absolute Gasteiger partial charge is 0.188 e. The number of nitrogens with zero attached hydrogens (tertiary/aromatic N) is 4. The van der Waals surface area contributed by atoms with Crippen molar-refractivity contribution < 1.29 is 18.9 Å². The number of hydrogen-bond acceptors (Lipinski definition) is 8. The van der Waals surface area contributed by atoms with Gasteiger partial charge in [-0.3, -0.25) is 19.9 Å². The van der Waals surface area contributed by atoms with Gasteiger partial charge in [0.15, 0.2) is 13.6 Å². The van der Waals surface area contributed by atoms with E-state index in [1.165, 1.54) is 0 Å². The van der Waals surface area contributed by atoms with Crippen LogP contribution in [0.5, 0.6) is 11.5 Å². The maximum absolute atomic E-state index is 6.56. The van der Waals surface area contributed by atoms with E-state index in [0.29, 0.717) is 22.6 Å². The Morgan fingerprint density at radius 2 is 0.750 bits per heavy atom. The molecule has 0 bridgehead atoms. The van der Waals surface area contributed by atoms with Crippen molar-refractivity contribution in [1.29, 1.82) is 0 Å². The van der Waals surface area contributed by atoms with Gasteiger partial charge in [0, 0.05) is 72.4 Å². The van der Waals surface area contributed by atoms with Gasteiger partial charge < -0.3 is 18.9 Å². The molecule has 6 aromatic carbocycles. The highest BCUT2D eigenvalue weighted by molar-refractivity contribution is 6.11. The van der Waals surface area contributed by atoms with Crippen LogP contribution in [0.1, 0.15) is 22.3 Å². The summed E-state index contributed by atoms with van der Waals surface area (Å²) in [5.74, 6) is 14.6. The van der Waals surface area contributed by atoms with Crippen molar-refractivity contribution in [3.05, 3.63) is 217 Å². The van der Waals surface area contributed by atoms with Gasteiger partial charge in [-0.1, -0.05) is 145 Å². The molecule has 0 N–H and O–H groups in total. The largest absolute Gasteiger partial charge is 0.466 e. The molecule has 0 unspecified atom stereocenters. The lowest BCUT2D eigenvalue weighted by Crippen LogP contribution is -2.06. The molecular formula is C60H42N4O4. The quantitative estimate of drug-likeness (QED) is 0.0937. The van der Waals surface area contributed by atoms with Crippen LogP contribution in [0.4, 0.5) is 0 Å². The van der Waals surface area contributed by atoms with Crippen molar-refractivity contribution in [1.82, 2.24) is 19.9 Å². The van der Waals surface area contributed by atoms with Crippen LogP contribution in [0.25, 0.3) is 77.7 Å². The molecule has 10 rings (SSSR count). The van der Waals surface area contributed by atoms with Gasteiger partial charge in [-0.05, 0) is 81.2 Å². The van der Waals surface area contributed by atoms with Crippen molar-refractivity contribution in [2.24, 2.45) is 0 Å².